The molecule has 2 aromatic rings. The van der Waals surface area contributed by atoms with Gasteiger partial charge in [-0.05, 0) is 37.7 Å². The molecular formula is C22H34IN5O2. The molecule has 0 radical (unpaired) electrons. The predicted octanol–water partition coefficient (Wildman–Crippen LogP) is 3.27. The number of furan rings is 1. The molecule has 1 aromatic heterocycles. The second-order valence-corrected chi connectivity index (χ2v) is 6.53. The lowest BCUT2D eigenvalue weighted by atomic mass is 10.1. The highest BCUT2D eigenvalue weighted by Crippen LogP contribution is 2.20. The Balaban J connectivity index is 0.00000450. The van der Waals surface area contributed by atoms with Crippen LogP contribution in [0.5, 0.6) is 0 Å². The first kappa shape index (κ1) is 26.0. The molecule has 1 amide bonds. The molecular weight excluding hydrogens is 493 g/mol. The van der Waals surface area contributed by atoms with Gasteiger partial charge in [-0.15, -0.1) is 24.0 Å². The molecule has 7 nitrogen and oxygen atoms in total. The number of rotatable bonds is 11. The highest BCUT2D eigenvalue weighted by molar-refractivity contribution is 14.0. The Morgan fingerprint density at radius 2 is 1.70 bits per heavy atom. The number of nitrogens with one attached hydrogen (secondary N) is 3. The van der Waals surface area contributed by atoms with E-state index in [-0.39, 0.29) is 35.9 Å². The first-order valence-corrected chi connectivity index (χ1v) is 10.3. The highest BCUT2D eigenvalue weighted by Gasteiger charge is 2.17. The number of carbonyl (C=O) groups is 1. The zero-order valence-corrected chi connectivity index (χ0v) is 20.4. The van der Waals surface area contributed by atoms with Crippen molar-refractivity contribution >= 4 is 35.8 Å². The van der Waals surface area contributed by atoms with Crippen LogP contribution in [0.2, 0.25) is 0 Å². The number of hydrogen-bond acceptors (Lipinski definition) is 4. The van der Waals surface area contributed by atoms with Crippen LogP contribution in [0, 0.1) is 0 Å². The SMILES string of the molecule is CCNC(=NCC(c1ccccc1)N(CC)CC)NCCNC(=O)c1ccco1.I. The molecule has 0 fully saturated rings. The predicted molar refractivity (Wildman–Crippen MR) is 133 cm³/mol. The Labute approximate surface area is 196 Å². The summed E-state index contributed by atoms with van der Waals surface area (Å²) in [5.74, 6) is 0.841. The number of amides is 1. The van der Waals surface area contributed by atoms with Gasteiger partial charge in [0.05, 0.1) is 18.8 Å². The Morgan fingerprint density at radius 3 is 2.30 bits per heavy atom. The molecule has 0 aliphatic rings. The van der Waals surface area contributed by atoms with Gasteiger partial charge in [0.1, 0.15) is 0 Å². The van der Waals surface area contributed by atoms with E-state index in [1.54, 1.807) is 12.1 Å². The number of halogens is 1. The van der Waals surface area contributed by atoms with E-state index in [4.69, 9.17) is 9.41 Å². The van der Waals surface area contributed by atoms with Gasteiger partial charge in [0, 0.05) is 19.6 Å². The lowest BCUT2D eigenvalue weighted by Crippen LogP contribution is -2.42. The first-order valence-electron chi connectivity index (χ1n) is 10.3. The molecule has 0 saturated carbocycles. The molecule has 8 heteroatoms. The van der Waals surface area contributed by atoms with Crippen LogP contribution >= 0.6 is 24.0 Å². The Morgan fingerprint density at radius 1 is 1.00 bits per heavy atom. The summed E-state index contributed by atoms with van der Waals surface area (Å²) in [5.41, 5.74) is 1.27. The van der Waals surface area contributed by atoms with E-state index in [1.807, 2.05) is 13.0 Å². The third-order valence-electron chi connectivity index (χ3n) is 4.65. The number of guanidine groups is 1. The van der Waals surface area contributed by atoms with Crippen molar-refractivity contribution in [1.82, 2.24) is 20.9 Å². The standard InChI is InChI=1S/C22H33N5O2.HI/c1-4-23-22(25-15-14-24-21(28)20-13-10-16-29-20)26-17-19(27(5-2)6-3)18-11-8-7-9-12-18;/h7-13,16,19H,4-6,14-15,17H2,1-3H3,(H,24,28)(H2,23,25,26);1H. The molecule has 1 atom stereocenters. The number of likely N-dealkylation sites (N-methyl/N-ethyl adjacent to an activating group) is 1. The third-order valence-corrected chi connectivity index (χ3v) is 4.65. The molecule has 30 heavy (non-hydrogen) atoms. The van der Waals surface area contributed by atoms with Gasteiger partial charge in [-0.2, -0.15) is 0 Å². The minimum absolute atomic E-state index is 0. The highest BCUT2D eigenvalue weighted by atomic mass is 127. The van der Waals surface area contributed by atoms with Crippen LogP contribution < -0.4 is 16.0 Å². The summed E-state index contributed by atoms with van der Waals surface area (Å²) in [7, 11) is 0. The average Bonchev–Trinajstić information content (AvgIpc) is 3.29. The second kappa shape index (κ2) is 14.8. The summed E-state index contributed by atoms with van der Waals surface area (Å²) in [6, 6.07) is 14.1. The minimum Gasteiger partial charge on any atom is -0.459 e. The van der Waals surface area contributed by atoms with Gasteiger partial charge in [-0.1, -0.05) is 44.2 Å². The van der Waals surface area contributed by atoms with Crippen molar-refractivity contribution in [3.8, 4) is 0 Å². The van der Waals surface area contributed by atoms with Crippen LogP contribution in [0.3, 0.4) is 0 Å². The van der Waals surface area contributed by atoms with Crippen molar-refractivity contribution in [2.45, 2.75) is 26.8 Å². The van der Waals surface area contributed by atoms with Gasteiger partial charge >= 0.3 is 0 Å². The fraction of sp³-hybridized carbons (Fsp3) is 0.455. The maximum absolute atomic E-state index is 11.9. The van der Waals surface area contributed by atoms with Crippen LogP contribution in [0.25, 0.3) is 0 Å². The molecule has 0 spiro atoms. The van der Waals surface area contributed by atoms with Crippen LogP contribution in [-0.2, 0) is 0 Å². The third kappa shape index (κ3) is 8.35. The summed E-state index contributed by atoms with van der Waals surface area (Å²) in [5, 5.41) is 9.37. The van der Waals surface area contributed by atoms with Crippen molar-refractivity contribution in [3.05, 3.63) is 60.1 Å². The van der Waals surface area contributed by atoms with Crippen molar-refractivity contribution in [1.29, 1.82) is 0 Å². The Bertz CT molecular complexity index is 733. The summed E-state index contributed by atoms with van der Waals surface area (Å²) in [6.07, 6.45) is 1.49. The monoisotopic (exact) mass is 527 g/mol. The molecule has 2 rings (SSSR count). The molecule has 166 valence electrons. The number of nitrogens with zero attached hydrogens (tertiary/aromatic N) is 2. The summed E-state index contributed by atoms with van der Waals surface area (Å²) < 4.78 is 5.09. The lowest BCUT2D eigenvalue weighted by molar-refractivity contribution is 0.0926. The molecule has 1 aromatic carbocycles. The number of carbonyl (C=O) groups excluding carboxylic acids is 1. The molecule has 1 unspecified atom stereocenters. The molecule has 0 saturated heterocycles. The van der Waals surface area contributed by atoms with Crippen LogP contribution in [0.4, 0.5) is 0 Å². The number of hydrogen-bond donors (Lipinski definition) is 3. The second-order valence-electron chi connectivity index (χ2n) is 6.53. The van der Waals surface area contributed by atoms with Gasteiger partial charge in [-0.25, -0.2) is 0 Å². The molecule has 0 aliphatic heterocycles. The van der Waals surface area contributed by atoms with Crippen molar-refractivity contribution in [3.63, 3.8) is 0 Å². The van der Waals surface area contributed by atoms with E-state index in [0.29, 0.717) is 25.4 Å². The first-order chi connectivity index (χ1) is 14.2. The van der Waals surface area contributed by atoms with Gasteiger partial charge in [-0.3, -0.25) is 14.7 Å². The van der Waals surface area contributed by atoms with Gasteiger partial charge in [0.2, 0.25) is 0 Å². The van der Waals surface area contributed by atoms with E-state index < -0.39 is 0 Å². The topological polar surface area (TPSA) is 81.9 Å². The van der Waals surface area contributed by atoms with E-state index in [2.05, 4.69) is 59.0 Å². The zero-order chi connectivity index (χ0) is 20.9. The molecule has 3 N–H and O–H groups in total. The summed E-state index contributed by atoms with van der Waals surface area (Å²) >= 11 is 0. The smallest absolute Gasteiger partial charge is 0.287 e. The normalized spacial score (nSPS) is 12.2. The van der Waals surface area contributed by atoms with Crippen molar-refractivity contribution in [2.75, 3.05) is 39.3 Å². The van der Waals surface area contributed by atoms with Gasteiger partial charge in [0.15, 0.2) is 11.7 Å². The lowest BCUT2D eigenvalue weighted by Gasteiger charge is -2.29. The van der Waals surface area contributed by atoms with E-state index >= 15 is 0 Å². The fourth-order valence-electron chi connectivity index (χ4n) is 3.14. The maximum atomic E-state index is 11.9. The Hall–Kier alpha value is -2.07. The molecule has 1 heterocycles. The average molecular weight is 527 g/mol. The molecule has 0 bridgehead atoms. The van der Waals surface area contributed by atoms with Crippen molar-refractivity contribution < 1.29 is 9.21 Å². The largest absolute Gasteiger partial charge is 0.459 e. The zero-order valence-electron chi connectivity index (χ0n) is 18.1. The van der Waals surface area contributed by atoms with Crippen LogP contribution in [-0.4, -0.2) is 56.0 Å². The van der Waals surface area contributed by atoms with E-state index in [0.717, 1.165) is 25.6 Å². The Kier molecular flexibility index (Phi) is 12.8. The van der Waals surface area contributed by atoms with Crippen LogP contribution in [0.1, 0.15) is 42.9 Å². The fourth-order valence-corrected chi connectivity index (χ4v) is 3.14. The summed E-state index contributed by atoms with van der Waals surface area (Å²) in [4.78, 5) is 19.1. The summed E-state index contributed by atoms with van der Waals surface area (Å²) in [6.45, 7) is 10.8. The maximum Gasteiger partial charge on any atom is 0.287 e. The minimum atomic E-state index is -0.218. The van der Waals surface area contributed by atoms with Crippen LogP contribution in [0.15, 0.2) is 58.1 Å². The van der Waals surface area contributed by atoms with Gasteiger partial charge in [0.25, 0.3) is 5.91 Å². The quantitative estimate of drug-likeness (QED) is 0.181. The number of aliphatic imine (C=N–C) groups is 1. The van der Waals surface area contributed by atoms with E-state index in [9.17, 15) is 4.79 Å². The van der Waals surface area contributed by atoms with E-state index in [1.165, 1.54) is 11.8 Å². The molecule has 0 aliphatic carbocycles. The van der Waals surface area contributed by atoms with Crippen molar-refractivity contribution in [2.24, 2.45) is 4.99 Å². The number of benzene rings is 1. The van der Waals surface area contributed by atoms with Gasteiger partial charge < -0.3 is 20.4 Å².